The van der Waals surface area contributed by atoms with Crippen molar-refractivity contribution in [1.29, 1.82) is 0 Å². The highest BCUT2D eigenvalue weighted by molar-refractivity contribution is 9.10. The van der Waals surface area contributed by atoms with Crippen LogP contribution in [0.25, 0.3) is 0 Å². The molecule has 1 aromatic heterocycles. The molecule has 1 heterocycles. The quantitative estimate of drug-likeness (QED) is 0.779. The molecule has 1 saturated carbocycles. The number of halogens is 1. The third-order valence-electron chi connectivity index (χ3n) is 3.78. The van der Waals surface area contributed by atoms with Gasteiger partial charge < -0.3 is 9.73 Å². The second-order valence-electron chi connectivity index (χ2n) is 5.87. The van der Waals surface area contributed by atoms with E-state index in [9.17, 15) is 8.42 Å². The van der Waals surface area contributed by atoms with Gasteiger partial charge in [-0.25, -0.2) is 13.1 Å². The minimum absolute atomic E-state index is 0.170. The summed E-state index contributed by atoms with van der Waals surface area (Å²) in [6.07, 6.45) is 1.06. The minimum atomic E-state index is -3.52. The van der Waals surface area contributed by atoms with Crippen molar-refractivity contribution in [3.63, 3.8) is 0 Å². The van der Waals surface area contributed by atoms with Crippen molar-refractivity contribution in [3.05, 3.63) is 16.5 Å². The minimum Gasteiger partial charge on any atom is -0.452 e. The highest BCUT2D eigenvalue weighted by Gasteiger charge is 2.45. The molecule has 1 fully saturated rings. The van der Waals surface area contributed by atoms with Gasteiger partial charge in [-0.15, -0.1) is 0 Å². The Bertz CT molecular complexity index is 580. The fourth-order valence-electron chi connectivity index (χ4n) is 2.13. The third-order valence-corrected chi connectivity index (χ3v) is 6.06. The second kappa shape index (κ2) is 5.79. The molecule has 0 amide bonds. The maximum Gasteiger partial charge on any atom is 0.244 e. The van der Waals surface area contributed by atoms with E-state index in [1.54, 1.807) is 6.07 Å². The van der Waals surface area contributed by atoms with E-state index in [2.05, 4.69) is 39.8 Å². The van der Waals surface area contributed by atoms with E-state index in [1.807, 2.05) is 6.92 Å². The van der Waals surface area contributed by atoms with E-state index in [-0.39, 0.29) is 15.0 Å². The Balaban J connectivity index is 2.03. The standard InChI is InChI=1S/C13H21BrN2O3S/c1-4-15-8-10-5-11(12(14)19-10)20(17,18)16-7-9-6-13(9,2)3/h5,9,15-16H,4,6-8H2,1-3H3. The summed E-state index contributed by atoms with van der Waals surface area (Å²) in [6, 6.07) is 1.56. The SMILES string of the molecule is CCNCc1cc(S(=O)(=O)NCC2CC2(C)C)c(Br)o1. The van der Waals surface area contributed by atoms with Crippen molar-refractivity contribution in [2.24, 2.45) is 11.3 Å². The topological polar surface area (TPSA) is 71.3 Å². The van der Waals surface area contributed by atoms with E-state index in [0.29, 0.717) is 24.8 Å². The predicted molar refractivity (Wildman–Crippen MR) is 80.9 cm³/mol. The average Bonchev–Trinajstić information content (AvgIpc) is 2.78. The fraction of sp³-hybridized carbons (Fsp3) is 0.692. The molecular weight excluding hydrogens is 344 g/mol. The number of nitrogens with one attached hydrogen (secondary N) is 2. The molecule has 20 heavy (non-hydrogen) atoms. The van der Waals surface area contributed by atoms with Crippen LogP contribution in [0.5, 0.6) is 0 Å². The van der Waals surface area contributed by atoms with Gasteiger partial charge in [0, 0.05) is 12.6 Å². The molecule has 0 bridgehead atoms. The molecule has 1 aromatic rings. The number of hydrogen-bond donors (Lipinski definition) is 2. The van der Waals surface area contributed by atoms with Crippen molar-refractivity contribution >= 4 is 26.0 Å². The molecule has 0 aliphatic heterocycles. The lowest BCUT2D eigenvalue weighted by Crippen LogP contribution is -2.26. The first-order valence-corrected chi connectivity index (χ1v) is 9.02. The monoisotopic (exact) mass is 364 g/mol. The van der Waals surface area contributed by atoms with E-state index < -0.39 is 10.0 Å². The van der Waals surface area contributed by atoms with Gasteiger partial charge in [0.2, 0.25) is 10.0 Å². The summed E-state index contributed by atoms with van der Waals surface area (Å²) in [5.74, 6) is 1.02. The summed E-state index contributed by atoms with van der Waals surface area (Å²) < 4.78 is 32.8. The summed E-state index contributed by atoms with van der Waals surface area (Å²) in [7, 11) is -3.52. The van der Waals surface area contributed by atoms with E-state index >= 15 is 0 Å². The zero-order valence-electron chi connectivity index (χ0n) is 12.0. The second-order valence-corrected chi connectivity index (χ2v) is 8.33. The lowest BCUT2D eigenvalue weighted by molar-refractivity contribution is 0.464. The van der Waals surface area contributed by atoms with Gasteiger partial charge in [-0.2, -0.15) is 0 Å². The van der Waals surface area contributed by atoms with E-state index in [4.69, 9.17) is 4.42 Å². The van der Waals surface area contributed by atoms with Crippen LogP contribution in [0, 0.1) is 11.3 Å². The number of furan rings is 1. The van der Waals surface area contributed by atoms with Gasteiger partial charge >= 0.3 is 0 Å². The van der Waals surface area contributed by atoms with Gasteiger partial charge in [0.05, 0.1) is 6.54 Å². The molecule has 0 saturated heterocycles. The van der Waals surface area contributed by atoms with Crippen LogP contribution in [0.3, 0.4) is 0 Å². The Kier molecular flexibility index (Phi) is 4.63. The van der Waals surface area contributed by atoms with E-state index in [0.717, 1.165) is 13.0 Å². The smallest absolute Gasteiger partial charge is 0.244 e. The highest BCUT2D eigenvalue weighted by Crippen LogP contribution is 2.51. The van der Waals surface area contributed by atoms with Gasteiger partial charge in [0.25, 0.3) is 0 Å². The van der Waals surface area contributed by atoms with Gasteiger partial charge in [-0.1, -0.05) is 20.8 Å². The summed E-state index contributed by atoms with van der Waals surface area (Å²) in [5, 5.41) is 3.10. The Morgan fingerprint density at radius 3 is 2.70 bits per heavy atom. The van der Waals surface area contributed by atoms with Gasteiger partial charge in [-0.3, -0.25) is 0 Å². The first kappa shape index (κ1) is 16.0. The molecular formula is C13H21BrN2O3S. The molecule has 7 heteroatoms. The fourth-order valence-corrected chi connectivity index (χ4v) is 4.21. The summed E-state index contributed by atoms with van der Waals surface area (Å²) >= 11 is 3.18. The van der Waals surface area contributed by atoms with Crippen molar-refractivity contribution in [1.82, 2.24) is 10.0 Å². The Hall–Kier alpha value is -0.370. The maximum atomic E-state index is 12.3. The molecule has 5 nitrogen and oxygen atoms in total. The van der Waals surface area contributed by atoms with Crippen LogP contribution in [-0.4, -0.2) is 21.5 Å². The van der Waals surface area contributed by atoms with Crippen LogP contribution in [0.2, 0.25) is 0 Å². The molecule has 0 spiro atoms. The predicted octanol–water partition coefficient (Wildman–Crippen LogP) is 2.48. The summed E-state index contributed by atoms with van der Waals surface area (Å²) in [5.41, 5.74) is 0.256. The zero-order chi connectivity index (χ0) is 15.0. The third kappa shape index (κ3) is 3.63. The molecule has 0 radical (unpaired) electrons. The van der Waals surface area contributed by atoms with Gasteiger partial charge in [0.15, 0.2) is 4.67 Å². The number of sulfonamides is 1. The number of hydrogen-bond acceptors (Lipinski definition) is 4. The van der Waals surface area contributed by atoms with Gasteiger partial charge in [-0.05, 0) is 40.2 Å². The Labute approximate surface area is 128 Å². The largest absolute Gasteiger partial charge is 0.452 e. The molecule has 1 aliphatic rings. The zero-order valence-corrected chi connectivity index (χ0v) is 14.4. The molecule has 1 unspecified atom stereocenters. The van der Waals surface area contributed by atoms with Crippen LogP contribution >= 0.6 is 15.9 Å². The molecule has 2 rings (SSSR count). The van der Waals surface area contributed by atoms with Crippen molar-refractivity contribution in [2.45, 2.75) is 38.6 Å². The first-order chi connectivity index (χ1) is 9.26. The maximum absolute atomic E-state index is 12.3. The summed E-state index contributed by atoms with van der Waals surface area (Å²) in [6.45, 7) is 8.07. The lowest BCUT2D eigenvalue weighted by atomic mass is 10.1. The highest BCUT2D eigenvalue weighted by atomic mass is 79.9. The lowest BCUT2D eigenvalue weighted by Gasteiger charge is -2.06. The van der Waals surface area contributed by atoms with Crippen LogP contribution < -0.4 is 10.0 Å². The van der Waals surface area contributed by atoms with Crippen LogP contribution in [0.4, 0.5) is 0 Å². The van der Waals surface area contributed by atoms with Crippen molar-refractivity contribution < 1.29 is 12.8 Å². The van der Waals surface area contributed by atoms with Crippen molar-refractivity contribution in [3.8, 4) is 0 Å². The Morgan fingerprint density at radius 1 is 1.50 bits per heavy atom. The molecule has 0 aromatic carbocycles. The van der Waals surface area contributed by atoms with Crippen molar-refractivity contribution in [2.75, 3.05) is 13.1 Å². The summed E-state index contributed by atoms with van der Waals surface area (Å²) in [4.78, 5) is 0.170. The van der Waals surface area contributed by atoms with Gasteiger partial charge in [0.1, 0.15) is 10.7 Å². The average molecular weight is 365 g/mol. The van der Waals surface area contributed by atoms with Crippen LogP contribution in [-0.2, 0) is 16.6 Å². The molecule has 114 valence electrons. The van der Waals surface area contributed by atoms with Crippen LogP contribution in [0.15, 0.2) is 20.0 Å². The molecule has 1 atom stereocenters. The molecule has 1 aliphatic carbocycles. The normalized spacial score (nSPS) is 21.1. The van der Waals surface area contributed by atoms with Crippen LogP contribution in [0.1, 0.15) is 33.0 Å². The van der Waals surface area contributed by atoms with E-state index in [1.165, 1.54) is 0 Å². The Morgan fingerprint density at radius 2 is 2.15 bits per heavy atom. The molecule has 2 N–H and O–H groups in total. The first-order valence-electron chi connectivity index (χ1n) is 6.75. The number of rotatable bonds is 7.